The Hall–Kier alpha value is -2.70. The molecule has 1 aliphatic carbocycles. The van der Waals surface area contributed by atoms with E-state index in [9.17, 15) is 4.39 Å². The smallest absolute Gasteiger partial charge is 0.126 e. The van der Waals surface area contributed by atoms with Crippen LogP contribution in [0.5, 0.6) is 0 Å². The Bertz CT molecular complexity index is 1050. The van der Waals surface area contributed by atoms with Gasteiger partial charge in [0.25, 0.3) is 0 Å². The molecule has 2 heterocycles. The monoisotopic (exact) mass is 453 g/mol. The number of halogens is 2. The largest absolute Gasteiger partial charge is 0.380 e. The Balaban J connectivity index is 1.44. The highest BCUT2D eigenvalue weighted by molar-refractivity contribution is 6.33. The maximum atomic E-state index is 13.4. The predicted molar refractivity (Wildman–Crippen MR) is 130 cm³/mol. The van der Waals surface area contributed by atoms with Crippen LogP contribution < -0.4 is 10.6 Å². The lowest BCUT2D eigenvalue weighted by atomic mass is 9.90. The molecule has 7 heteroatoms. The van der Waals surface area contributed by atoms with Gasteiger partial charge in [0.2, 0.25) is 0 Å². The zero-order chi connectivity index (χ0) is 22.5. The molecule has 0 aliphatic heterocycles. The van der Waals surface area contributed by atoms with Gasteiger partial charge in [0.05, 0.1) is 10.7 Å². The second-order valence-electron chi connectivity index (χ2n) is 8.61. The average molecular weight is 454 g/mol. The molecule has 32 heavy (non-hydrogen) atoms. The van der Waals surface area contributed by atoms with Crippen molar-refractivity contribution < 1.29 is 4.39 Å². The van der Waals surface area contributed by atoms with Gasteiger partial charge >= 0.3 is 0 Å². The van der Waals surface area contributed by atoms with Crippen molar-refractivity contribution in [3.63, 3.8) is 0 Å². The third kappa shape index (κ3) is 5.75. The predicted octanol–water partition coefficient (Wildman–Crippen LogP) is 5.83. The van der Waals surface area contributed by atoms with E-state index < -0.39 is 0 Å². The van der Waals surface area contributed by atoms with E-state index in [0.717, 1.165) is 41.0 Å². The summed E-state index contributed by atoms with van der Waals surface area (Å²) in [6.45, 7) is 0.509. The first-order valence-corrected chi connectivity index (χ1v) is 11.4. The second-order valence-corrected chi connectivity index (χ2v) is 9.02. The Morgan fingerprint density at radius 2 is 1.88 bits per heavy atom. The van der Waals surface area contributed by atoms with Crippen molar-refractivity contribution in [1.29, 1.82) is 0 Å². The molecule has 0 radical (unpaired) electrons. The summed E-state index contributed by atoms with van der Waals surface area (Å²) < 4.78 is 13.4. The van der Waals surface area contributed by atoms with Gasteiger partial charge in [-0.15, -0.1) is 0 Å². The fourth-order valence-corrected chi connectivity index (χ4v) is 4.43. The lowest BCUT2D eigenvalue weighted by Gasteiger charge is -2.33. The fourth-order valence-electron chi connectivity index (χ4n) is 4.22. The first-order valence-electron chi connectivity index (χ1n) is 11.0. The topological polar surface area (TPSA) is 53.1 Å². The number of benzene rings is 1. The van der Waals surface area contributed by atoms with Gasteiger partial charge in [-0.25, -0.2) is 9.37 Å². The molecule has 2 aromatic heterocycles. The number of hydrogen-bond acceptors (Lipinski definition) is 5. The van der Waals surface area contributed by atoms with E-state index in [2.05, 4.69) is 39.6 Å². The Labute approximate surface area is 194 Å². The molecular formula is C25H29ClFN5. The summed E-state index contributed by atoms with van der Waals surface area (Å²) in [5.74, 6) is 0.589. The van der Waals surface area contributed by atoms with E-state index in [4.69, 9.17) is 11.6 Å². The summed E-state index contributed by atoms with van der Waals surface area (Å²) in [4.78, 5) is 11.2. The van der Waals surface area contributed by atoms with Crippen LogP contribution >= 0.6 is 11.6 Å². The maximum absolute atomic E-state index is 13.4. The van der Waals surface area contributed by atoms with Crippen LogP contribution in [-0.4, -0.2) is 41.0 Å². The number of aromatic nitrogens is 2. The molecule has 0 unspecified atom stereocenters. The summed E-state index contributed by atoms with van der Waals surface area (Å²) in [5, 5.41) is 7.47. The van der Waals surface area contributed by atoms with Gasteiger partial charge in [0.1, 0.15) is 11.6 Å². The number of anilines is 2. The number of rotatable bonds is 7. The van der Waals surface area contributed by atoms with Gasteiger partial charge in [0, 0.05) is 48.3 Å². The molecule has 0 saturated heterocycles. The standard InChI is InChI=1S/C25H29ClFN5/c1-32(2)22-8-6-20(7-9-22)31-25-12-23(24(26)16-30-25)18-11-21(15-28-14-18)29-13-17-4-3-5-19(27)10-17/h3-5,10-12,14-16,20,22,29H,6-9,13H2,1-2H3,(H,30,31)/t20-,22-. The molecule has 1 aromatic carbocycles. The normalized spacial score (nSPS) is 18.5. The SMILES string of the molecule is CN(C)[C@H]1CC[C@H](Nc2cc(-c3cncc(NCc4cccc(F)c4)c3)c(Cl)cn2)CC1. The fraction of sp³-hybridized carbons (Fsp3) is 0.360. The zero-order valence-electron chi connectivity index (χ0n) is 18.5. The van der Waals surface area contributed by atoms with Crippen molar-refractivity contribution in [2.24, 2.45) is 0 Å². The molecule has 4 rings (SSSR count). The second kappa shape index (κ2) is 10.3. The molecule has 168 valence electrons. The average Bonchev–Trinajstić information content (AvgIpc) is 2.79. The molecule has 1 aliphatic rings. The van der Waals surface area contributed by atoms with Crippen molar-refractivity contribution in [3.8, 4) is 11.1 Å². The van der Waals surface area contributed by atoms with Gasteiger partial charge in [0.15, 0.2) is 0 Å². The van der Waals surface area contributed by atoms with Crippen LogP contribution in [0.15, 0.2) is 55.0 Å². The number of nitrogens with zero attached hydrogens (tertiary/aromatic N) is 3. The Morgan fingerprint density at radius 1 is 1.06 bits per heavy atom. The van der Waals surface area contributed by atoms with E-state index in [-0.39, 0.29) is 5.82 Å². The van der Waals surface area contributed by atoms with Crippen LogP contribution in [0.4, 0.5) is 15.9 Å². The molecule has 5 nitrogen and oxygen atoms in total. The van der Waals surface area contributed by atoms with Crippen molar-refractivity contribution in [1.82, 2.24) is 14.9 Å². The molecule has 1 saturated carbocycles. The molecule has 0 bridgehead atoms. The molecular weight excluding hydrogens is 425 g/mol. The summed E-state index contributed by atoms with van der Waals surface area (Å²) in [6, 6.07) is 11.6. The molecule has 2 N–H and O–H groups in total. The van der Waals surface area contributed by atoms with Crippen molar-refractivity contribution >= 4 is 23.1 Å². The third-order valence-electron chi connectivity index (χ3n) is 6.07. The minimum absolute atomic E-state index is 0.241. The van der Waals surface area contributed by atoms with Gasteiger partial charge in [-0.3, -0.25) is 4.98 Å². The number of nitrogens with one attached hydrogen (secondary N) is 2. The maximum Gasteiger partial charge on any atom is 0.126 e. The van der Waals surface area contributed by atoms with Crippen LogP contribution in [0.25, 0.3) is 11.1 Å². The summed E-state index contributed by atoms with van der Waals surface area (Å²) >= 11 is 6.48. The minimum Gasteiger partial charge on any atom is -0.380 e. The molecule has 0 atom stereocenters. The first-order chi connectivity index (χ1) is 15.5. The van der Waals surface area contributed by atoms with Gasteiger partial charge in [-0.1, -0.05) is 23.7 Å². The quantitative estimate of drug-likeness (QED) is 0.471. The van der Waals surface area contributed by atoms with Crippen molar-refractivity contribution in [3.05, 3.63) is 71.4 Å². The van der Waals surface area contributed by atoms with Crippen molar-refractivity contribution in [2.75, 3.05) is 24.7 Å². The summed E-state index contributed by atoms with van der Waals surface area (Å²) in [5.41, 5.74) is 3.50. The molecule has 3 aromatic rings. The lowest BCUT2D eigenvalue weighted by molar-refractivity contribution is 0.221. The van der Waals surface area contributed by atoms with Crippen LogP contribution in [0.3, 0.4) is 0 Å². The van der Waals surface area contributed by atoms with E-state index in [0.29, 0.717) is 23.7 Å². The number of hydrogen-bond donors (Lipinski definition) is 2. The molecule has 1 fully saturated rings. The van der Waals surface area contributed by atoms with Crippen molar-refractivity contribution in [2.45, 2.75) is 44.3 Å². The third-order valence-corrected chi connectivity index (χ3v) is 6.37. The van der Waals surface area contributed by atoms with E-state index in [1.54, 1.807) is 24.7 Å². The molecule has 0 amide bonds. The van der Waals surface area contributed by atoms with Crippen LogP contribution in [0, 0.1) is 5.82 Å². The highest BCUT2D eigenvalue weighted by atomic mass is 35.5. The van der Waals surface area contributed by atoms with Gasteiger partial charge in [-0.05, 0) is 69.6 Å². The van der Waals surface area contributed by atoms with E-state index in [1.165, 1.54) is 25.0 Å². The Morgan fingerprint density at radius 3 is 2.62 bits per heavy atom. The zero-order valence-corrected chi connectivity index (χ0v) is 19.2. The Kier molecular flexibility index (Phi) is 7.22. The van der Waals surface area contributed by atoms with Crippen LogP contribution in [0.2, 0.25) is 5.02 Å². The van der Waals surface area contributed by atoms with Crippen LogP contribution in [-0.2, 0) is 6.54 Å². The van der Waals surface area contributed by atoms with E-state index in [1.807, 2.05) is 18.2 Å². The van der Waals surface area contributed by atoms with Crippen LogP contribution in [0.1, 0.15) is 31.2 Å². The number of pyridine rings is 2. The highest BCUT2D eigenvalue weighted by Crippen LogP contribution is 2.31. The lowest BCUT2D eigenvalue weighted by Crippen LogP contribution is -2.36. The highest BCUT2D eigenvalue weighted by Gasteiger charge is 2.22. The van der Waals surface area contributed by atoms with Gasteiger partial charge in [-0.2, -0.15) is 0 Å². The van der Waals surface area contributed by atoms with E-state index >= 15 is 0 Å². The minimum atomic E-state index is -0.241. The molecule has 0 spiro atoms. The van der Waals surface area contributed by atoms with Gasteiger partial charge < -0.3 is 15.5 Å². The summed E-state index contributed by atoms with van der Waals surface area (Å²) in [7, 11) is 4.31. The first kappa shape index (κ1) is 22.5. The summed E-state index contributed by atoms with van der Waals surface area (Å²) in [6.07, 6.45) is 9.87.